The standard InChI is InChI=1S/C21H24N6O4/c1-21(12-28)9-13-7-15(16(8-18(13)31-21)27-3-5-30-6-4-27)23-20(29)14-10-22-11-17-19(14)24-25-26(17)2/h7-8,10-11,28H,3-6,9,12H2,1-2H3,(H,23,29). The van der Waals surface area contributed by atoms with Gasteiger partial charge >= 0.3 is 0 Å². The number of rotatable bonds is 4. The average molecular weight is 424 g/mol. The fourth-order valence-corrected chi connectivity index (χ4v) is 4.11. The first kappa shape index (κ1) is 19.7. The van der Waals surface area contributed by atoms with Crippen molar-refractivity contribution in [3.63, 3.8) is 0 Å². The quantitative estimate of drug-likeness (QED) is 0.641. The topological polar surface area (TPSA) is 115 Å². The van der Waals surface area contributed by atoms with Gasteiger partial charge in [0.05, 0.1) is 43.0 Å². The number of benzene rings is 1. The van der Waals surface area contributed by atoms with Gasteiger partial charge in [-0.1, -0.05) is 5.21 Å². The zero-order valence-corrected chi connectivity index (χ0v) is 17.5. The normalized spacial score (nSPS) is 20.5. The molecule has 10 nitrogen and oxygen atoms in total. The van der Waals surface area contributed by atoms with Gasteiger partial charge in [-0.15, -0.1) is 5.10 Å². The van der Waals surface area contributed by atoms with E-state index in [1.165, 1.54) is 6.20 Å². The van der Waals surface area contributed by atoms with Gasteiger partial charge in [0.2, 0.25) is 0 Å². The van der Waals surface area contributed by atoms with Crippen molar-refractivity contribution in [2.24, 2.45) is 7.05 Å². The number of hydrogen-bond donors (Lipinski definition) is 2. The van der Waals surface area contributed by atoms with Gasteiger partial charge in [0.25, 0.3) is 5.91 Å². The Morgan fingerprint density at radius 2 is 2.10 bits per heavy atom. The summed E-state index contributed by atoms with van der Waals surface area (Å²) in [6.07, 6.45) is 3.69. The molecule has 5 rings (SSSR count). The van der Waals surface area contributed by atoms with Crippen LogP contribution in [-0.4, -0.2) is 69.5 Å². The predicted octanol–water partition coefficient (Wildman–Crippen LogP) is 1.14. The molecule has 10 heteroatoms. The predicted molar refractivity (Wildman–Crippen MR) is 114 cm³/mol. The molecule has 2 N–H and O–H groups in total. The van der Waals surface area contributed by atoms with Crippen molar-refractivity contribution < 1.29 is 19.4 Å². The van der Waals surface area contributed by atoms with Crippen LogP contribution in [0.4, 0.5) is 11.4 Å². The number of nitrogens with zero attached hydrogens (tertiary/aromatic N) is 5. The Morgan fingerprint density at radius 1 is 1.29 bits per heavy atom. The first-order chi connectivity index (χ1) is 15.0. The molecule has 0 saturated carbocycles. The number of anilines is 2. The Bertz CT molecular complexity index is 1160. The molecule has 1 atom stereocenters. The highest BCUT2D eigenvalue weighted by Gasteiger charge is 2.35. The first-order valence-corrected chi connectivity index (χ1v) is 10.2. The number of ether oxygens (including phenoxy) is 2. The lowest BCUT2D eigenvalue weighted by molar-refractivity contribution is 0.0446. The maximum Gasteiger partial charge on any atom is 0.259 e. The van der Waals surface area contributed by atoms with Crippen LogP contribution in [0, 0.1) is 0 Å². The van der Waals surface area contributed by atoms with Crippen molar-refractivity contribution >= 4 is 28.3 Å². The van der Waals surface area contributed by atoms with Crippen LogP contribution in [-0.2, 0) is 18.2 Å². The van der Waals surface area contributed by atoms with Crippen LogP contribution in [0.15, 0.2) is 24.5 Å². The largest absolute Gasteiger partial charge is 0.484 e. The van der Waals surface area contributed by atoms with Gasteiger partial charge in [-0.2, -0.15) is 0 Å². The van der Waals surface area contributed by atoms with Gasteiger partial charge in [0.1, 0.15) is 22.4 Å². The summed E-state index contributed by atoms with van der Waals surface area (Å²) in [5, 5.41) is 20.9. The molecule has 4 heterocycles. The Morgan fingerprint density at radius 3 is 2.87 bits per heavy atom. The molecule has 1 aromatic carbocycles. The van der Waals surface area contributed by atoms with Crippen LogP contribution in [0.25, 0.3) is 11.0 Å². The van der Waals surface area contributed by atoms with E-state index >= 15 is 0 Å². The zero-order chi connectivity index (χ0) is 21.6. The molecule has 0 spiro atoms. The number of amides is 1. The Hall–Kier alpha value is -3.24. The number of aromatic nitrogens is 4. The van der Waals surface area contributed by atoms with Crippen molar-refractivity contribution in [3.05, 3.63) is 35.7 Å². The molecule has 0 radical (unpaired) electrons. The molecule has 1 fully saturated rings. The van der Waals surface area contributed by atoms with E-state index < -0.39 is 5.60 Å². The number of carbonyl (C=O) groups excluding carboxylic acids is 1. The SMILES string of the molecule is Cn1nnc2c(C(=O)Nc3cc4c(cc3N3CCOCC3)OC(C)(CO)C4)cncc21. The highest BCUT2D eigenvalue weighted by Crippen LogP contribution is 2.42. The Labute approximate surface area is 178 Å². The molecule has 162 valence electrons. The van der Waals surface area contributed by atoms with Crippen molar-refractivity contribution in [3.8, 4) is 5.75 Å². The third-order valence-electron chi connectivity index (χ3n) is 5.80. The molecule has 2 aliphatic rings. The van der Waals surface area contributed by atoms with Crippen molar-refractivity contribution in [2.45, 2.75) is 18.9 Å². The molecule has 0 aliphatic carbocycles. The average Bonchev–Trinajstić information content (AvgIpc) is 3.33. The number of pyridine rings is 1. The second-order valence-electron chi connectivity index (χ2n) is 8.19. The van der Waals surface area contributed by atoms with Gasteiger partial charge < -0.3 is 24.8 Å². The minimum atomic E-state index is -0.664. The van der Waals surface area contributed by atoms with Crippen molar-refractivity contribution in [2.75, 3.05) is 43.1 Å². The second kappa shape index (κ2) is 7.47. The van der Waals surface area contributed by atoms with Crippen molar-refractivity contribution in [1.29, 1.82) is 0 Å². The third kappa shape index (κ3) is 3.47. The Balaban J connectivity index is 1.53. The smallest absolute Gasteiger partial charge is 0.259 e. The monoisotopic (exact) mass is 424 g/mol. The first-order valence-electron chi connectivity index (χ1n) is 10.2. The van der Waals surface area contributed by atoms with Crippen LogP contribution in [0.5, 0.6) is 5.75 Å². The molecule has 3 aromatic rings. The van der Waals surface area contributed by atoms with E-state index in [9.17, 15) is 9.90 Å². The second-order valence-corrected chi connectivity index (χ2v) is 8.19. The molecule has 1 saturated heterocycles. The molecule has 2 aromatic heterocycles. The summed E-state index contributed by atoms with van der Waals surface area (Å²) < 4.78 is 13.1. The minimum absolute atomic E-state index is 0.0867. The van der Waals surface area contributed by atoms with E-state index in [0.29, 0.717) is 55.0 Å². The highest BCUT2D eigenvalue weighted by atomic mass is 16.5. The lowest BCUT2D eigenvalue weighted by Crippen LogP contribution is -2.37. The van der Waals surface area contributed by atoms with E-state index in [1.807, 2.05) is 19.1 Å². The van der Waals surface area contributed by atoms with Crippen molar-refractivity contribution in [1.82, 2.24) is 20.0 Å². The summed E-state index contributed by atoms with van der Waals surface area (Å²) in [5.74, 6) is 0.422. The van der Waals surface area contributed by atoms with Crippen LogP contribution in [0.1, 0.15) is 22.8 Å². The lowest BCUT2D eigenvalue weighted by atomic mass is 9.99. The number of morpholine rings is 1. The number of aryl methyl sites for hydroxylation is 1. The highest BCUT2D eigenvalue weighted by molar-refractivity contribution is 6.12. The minimum Gasteiger partial charge on any atom is -0.484 e. The zero-order valence-electron chi connectivity index (χ0n) is 17.5. The van der Waals surface area contributed by atoms with Gasteiger partial charge in [-0.05, 0) is 13.0 Å². The van der Waals surface area contributed by atoms with Gasteiger partial charge in [0, 0.05) is 44.4 Å². The summed E-state index contributed by atoms with van der Waals surface area (Å²) in [5.41, 5.74) is 3.36. The molecular formula is C21H24N6O4. The van der Waals surface area contributed by atoms with E-state index in [-0.39, 0.29) is 12.5 Å². The molecule has 1 unspecified atom stereocenters. The summed E-state index contributed by atoms with van der Waals surface area (Å²) in [6.45, 7) is 4.43. The number of nitrogens with one attached hydrogen (secondary N) is 1. The lowest BCUT2D eigenvalue weighted by Gasteiger charge is -2.31. The number of aliphatic hydroxyl groups is 1. The van der Waals surface area contributed by atoms with E-state index in [4.69, 9.17) is 9.47 Å². The van der Waals surface area contributed by atoms with Gasteiger partial charge in [-0.25, -0.2) is 4.68 Å². The molecule has 31 heavy (non-hydrogen) atoms. The molecule has 0 bridgehead atoms. The van der Waals surface area contributed by atoms with Gasteiger partial charge in [0.15, 0.2) is 0 Å². The van der Waals surface area contributed by atoms with Crippen LogP contribution < -0.4 is 15.0 Å². The number of fused-ring (bicyclic) bond motifs is 2. The molecule has 1 amide bonds. The van der Waals surface area contributed by atoms with E-state index in [1.54, 1.807) is 17.9 Å². The third-order valence-corrected chi connectivity index (χ3v) is 5.80. The summed E-state index contributed by atoms with van der Waals surface area (Å²) in [7, 11) is 1.76. The summed E-state index contributed by atoms with van der Waals surface area (Å²) in [6, 6.07) is 3.88. The summed E-state index contributed by atoms with van der Waals surface area (Å²) in [4.78, 5) is 19.6. The summed E-state index contributed by atoms with van der Waals surface area (Å²) >= 11 is 0. The fraction of sp³-hybridized carbons (Fsp3) is 0.429. The van der Waals surface area contributed by atoms with E-state index in [0.717, 1.165) is 17.0 Å². The van der Waals surface area contributed by atoms with Gasteiger partial charge in [-0.3, -0.25) is 9.78 Å². The number of carbonyl (C=O) groups is 1. The maximum atomic E-state index is 13.2. The van der Waals surface area contributed by atoms with Crippen LogP contribution >= 0.6 is 0 Å². The fourth-order valence-electron chi connectivity index (χ4n) is 4.11. The van der Waals surface area contributed by atoms with Crippen LogP contribution in [0.2, 0.25) is 0 Å². The maximum absolute atomic E-state index is 13.2. The molecular weight excluding hydrogens is 400 g/mol. The Kier molecular flexibility index (Phi) is 4.75. The van der Waals surface area contributed by atoms with Crippen LogP contribution in [0.3, 0.4) is 0 Å². The molecule has 2 aliphatic heterocycles. The van der Waals surface area contributed by atoms with E-state index in [2.05, 4.69) is 25.5 Å². The number of hydrogen-bond acceptors (Lipinski definition) is 8. The number of aliphatic hydroxyl groups excluding tert-OH is 1.